The fraction of sp³-hybridized carbons (Fsp3) is 0. The average Bonchev–Trinajstić information content (AvgIpc) is 1.53. The molecule has 0 aliphatic carbocycles. The summed E-state index contributed by atoms with van der Waals surface area (Å²) in [5.74, 6) is 0. The molecule has 7 nitrogen and oxygen atoms in total. The highest BCUT2D eigenvalue weighted by molar-refractivity contribution is 6.21. The van der Waals surface area contributed by atoms with Gasteiger partial charge in [-0.15, -0.1) is 0 Å². The van der Waals surface area contributed by atoms with Crippen molar-refractivity contribution in [3.05, 3.63) is 253 Å². The molecule has 0 saturated carbocycles. The third-order valence-corrected chi connectivity index (χ3v) is 14.1. The first kappa shape index (κ1) is 24.2. The van der Waals surface area contributed by atoms with Crippen LogP contribution in [0.5, 0.6) is 0 Å². The third kappa shape index (κ3) is 5.45. The van der Waals surface area contributed by atoms with Crippen molar-refractivity contribution in [2.24, 2.45) is 0 Å². The van der Waals surface area contributed by atoms with Crippen molar-refractivity contribution in [3.63, 3.8) is 0 Å². The second kappa shape index (κ2) is 15.5. The Morgan fingerprint density at radius 3 is 1.11 bits per heavy atom. The quantitative estimate of drug-likeness (QED) is 0.159. The molecule has 11 aromatic carbocycles. The minimum absolute atomic E-state index is 0.167. The Hall–Kier alpha value is -10.6. The van der Waals surface area contributed by atoms with E-state index in [0.717, 1.165) is 24.9 Å². The van der Waals surface area contributed by atoms with Crippen LogP contribution < -0.4 is 0 Å². The number of hydrogen-bond donors (Lipinski definition) is 0. The fourth-order valence-electron chi connectivity index (χ4n) is 11.2. The zero-order chi connectivity index (χ0) is 70.4. The van der Waals surface area contributed by atoms with Crippen molar-refractivity contribution < 1.29 is 32.9 Å². The van der Waals surface area contributed by atoms with E-state index in [-0.39, 0.29) is 11.0 Å². The minimum atomic E-state index is -0.958. The van der Waals surface area contributed by atoms with Gasteiger partial charge in [0.15, 0.2) is 0 Å². The first-order valence-corrected chi connectivity index (χ1v) is 23.2. The van der Waals surface area contributed by atoms with E-state index < -0.39 is 244 Å². The van der Waals surface area contributed by atoms with Crippen molar-refractivity contribution in [2.45, 2.75) is 0 Å². The molecule has 0 amide bonds. The van der Waals surface area contributed by atoms with E-state index in [4.69, 9.17) is 8.22 Å². The molecule has 5 aromatic heterocycles. The van der Waals surface area contributed by atoms with Crippen LogP contribution in [0.4, 0.5) is 5.69 Å². The van der Waals surface area contributed by atoms with Gasteiger partial charge in [0.2, 0.25) is 5.69 Å². The van der Waals surface area contributed by atoms with Gasteiger partial charge in [-0.2, -0.15) is 5.26 Å². The summed E-state index contributed by atoms with van der Waals surface area (Å²) in [4.78, 5) is 4.23. The smallest absolute Gasteiger partial charge is 0.237 e. The Labute approximate surface area is 462 Å². The number of fused-ring (bicyclic) bond motifs is 15. The second-order valence-electron chi connectivity index (χ2n) is 17.6. The Balaban J connectivity index is 1.33. The van der Waals surface area contributed by atoms with Gasteiger partial charge in [0.25, 0.3) is 0 Å². The van der Waals surface area contributed by atoms with Gasteiger partial charge in [-0.1, -0.05) is 163 Å². The van der Waals surface area contributed by atoms with Crippen LogP contribution in [0, 0.1) is 17.9 Å². The summed E-state index contributed by atoms with van der Waals surface area (Å²) >= 11 is 0. The summed E-state index contributed by atoms with van der Waals surface area (Å²) in [5, 5.41) is 11.6. The van der Waals surface area contributed by atoms with E-state index >= 15 is 0 Å². The number of hydrogen-bond acceptors (Lipinski definition) is 1. The highest BCUT2D eigenvalue weighted by Crippen LogP contribution is 2.52. The number of aromatic nitrogens is 5. The highest BCUT2D eigenvalue weighted by atomic mass is 15.1. The van der Waals surface area contributed by atoms with Crippen LogP contribution in [-0.2, 0) is 0 Å². The van der Waals surface area contributed by atoms with Crippen LogP contribution in [0.3, 0.4) is 0 Å². The third-order valence-electron chi connectivity index (χ3n) is 14.1. The molecule has 0 fully saturated rings. The number of para-hydroxylation sites is 9. The number of nitriles is 1. The van der Waals surface area contributed by atoms with Crippen LogP contribution in [-0.4, -0.2) is 22.8 Å². The summed E-state index contributed by atoms with van der Waals surface area (Å²) in [7, 11) is 0. The Morgan fingerprint density at radius 2 is 0.680 bits per heavy atom. The van der Waals surface area contributed by atoms with Crippen molar-refractivity contribution in [2.75, 3.05) is 0 Å². The normalized spacial score (nSPS) is 16.5. The van der Waals surface area contributed by atoms with Gasteiger partial charge in [0.05, 0.1) is 123 Å². The van der Waals surface area contributed by atoms with Crippen molar-refractivity contribution in [1.82, 2.24) is 22.8 Å². The molecule has 75 heavy (non-hydrogen) atoms. The SMILES string of the molecule is [2H]c1c([2H])c([2H])c2c(c1[2H])c1c([2H])c([2H])c([2H])c([2H])c1n2-c1c(C#N)c(-n2c3c([2H])c([2H])c([2H])c([2H])c3c3c([2H])c([2H])c([2H])c([2H])c32)c(-n2c3ccccc3c3cc4c(cc32)c2ccccc2n4-c2ccccc2)c(-n2c3c([2H])c([2H])c([2H])c([2H])c3c3c([2H])c([2H])c([2H])c([2H])c32)c1[N+]#[C-]. The lowest BCUT2D eigenvalue weighted by molar-refractivity contribution is 1.03. The highest BCUT2D eigenvalue weighted by Gasteiger charge is 2.35. The zero-order valence-electron chi connectivity index (χ0n) is 62.3. The summed E-state index contributed by atoms with van der Waals surface area (Å²) in [6, 6.07) is 7.68. The Morgan fingerprint density at radius 1 is 0.333 bits per heavy atom. The van der Waals surface area contributed by atoms with Crippen LogP contribution in [0.1, 0.15) is 38.5 Å². The number of rotatable bonds is 5. The zero-order valence-corrected chi connectivity index (χ0v) is 38.3. The lowest BCUT2D eigenvalue weighted by Crippen LogP contribution is -2.14. The topological polar surface area (TPSA) is 52.8 Å². The molecule has 0 atom stereocenters. The predicted octanol–water partition coefficient (Wildman–Crippen LogP) is 17.6. The fourth-order valence-corrected chi connectivity index (χ4v) is 11.2. The summed E-state index contributed by atoms with van der Waals surface area (Å²) in [5.41, 5.74) is -6.22. The van der Waals surface area contributed by atoms with Crippen molar-refractivity contribution in [3.8, 4) is 34.5 Å². The molecule has 7 heteroatoms. The molecule has 0 radical (unpaired) electrons. The molecule has 16 rings (SSSR count). The van der Waals surface area contributed by atoms with Gasteiger partial charge in [0.1, 0.15) is 6.07 Å². The number of nitrogens with zero attached hydrogens (tertiary/aromatic N) is 7. The summed E-state index contributed by atoms with van der Waals surface area (Å²) in [6.45, 7) is 9.86. The van der Waals surface area contributed by atoms with Crippen molar-refractivity contribution >= 4 is 115 Å². The van der Waals surface area contributed by atoms with E-state index in [0.29, 0.717) is 27.1 Å². The molecule has 0 aliphatic heterocycles. The van der Waals surface area contributed by atoms with E-state index in [1.807, 2.05) is 65.2 Å². The molecule has 0 unspecified atom stereocenters. The molecule has 16 aromatic rings. The molecular formula is C68H39N7. The molecule has 0 saturated heterocycles. The van der Waals surface area contributed by atoms with Gasteiger partial charge in [-0.25, -0.2) is 4.85 Å². The lowest BCUT2D eigenvalue weighted by atomic mass is 10.0. The van der Waals surface area contributed by atoms with Gasteiger partial charge in [0, 0.05) is 59.5 Å². The standard InChI is InChI=1S/C68H39N7/c1-70-64-65(72-55-32-14-5-23-43(55)44-24-6-15-33-56(44)72)53(41-69)66(73-57-34-16-7-25-45(57)46-26-8-17-35-58(46)73)68(67(64)74-59-36-18-9-27-47(59)48-28-10-19-37-60(48)74)75-61-38-20-12-30-50(61)52-39-62-51(40-63(52)75)49-29-11-13-31-54(49)71(62)42-21-3-2-4-22-42/h2-40H/i5D,6D,7D,8D,9D,10D,14D,15D,16D,17D,18D,19D,23D,24D,25D,26D,27D,28D,32D,33D,34D,35D,36D,37D. The van der Waals surface area contributed by atoms with E-state index in [9.17, 15) is 36.5 Å². The van der Waals surface area contributed by atoms with Gasteiger partial charge >= 0.3 is 0 Å². The summed E-state index contributed by atoms with van der Waals surface area (Å²) in [6.07, 6.45) is 0. The second-order valence-corrected chi connectivity index (χ2v) is 17.6. The maximum Gasteiger partial charge on any atom is 0.237 e. The van der Waals surface area contributed by atoms with Crippen LogP contribution in [0.2, 0.25) is 0 Å². The summed E-state index contributed by atoms with van der Waals surface area (Å²) < 4.78 is 234. The number of benzene rings is 11. The average molecular weight is 978 g/mol. The Bertz CT molecular complexity index is 6250. The maximum absolute atomic E-state index is 12.9. The first-order chi connectivity index (χ1) is 47.2. The van der Waals surface area contributed by atoms with Gasteiger partial charge < -0.3 is 22.8 Å². The van der Waals surface area contributed by atoms with Crippen LogP contribution >= 0.6 is 0 Å². The van der Waals surface area contributed by atoms with Crippen LogP contribution in [0.25, 0.3) is 142 Å². The van der Waals surface area contributed by atoms with Crippen molar-refractivity contribution in [1.29, 1.82) is 5.26 Å². The van der Waals surface area contributed by atoms with E-state index in [1.165, 1.54) is 4.57 Å². The molecule has 0 N–H and O–H groups in total. The first-order valence-electron chi connectivity index (χ1n) is 35.2. The molecular weight excluding hydrogens is 915 g/mol. The van der Waals surface area contributed by atoms with Gasteiger partial charge in [-0.3, -0.25) is 0 Å². The Kier molecular flexibility index (Phi) is 4.99. The molecule has 0 spiro atoms. The van der Waals surface area contributed by atoms with Gasteiger partial charge in [-0.05, 0) is 72.7 Å². The van der Waals surface area contributed by atoms with Crippen LogP contribution in [0.15, 0.2) is 236 Å². The maximum atomic E-state index is 12.9. The molecule has 0 bridgehead atoms. The lowest BCUT2D eigenvalue weighted by Gasteiger charge is -2.27. The van der Waals surface area contributed by atoms with E-state index in [1.54, 1.807) is 30.3 Å². The molecule has 5 heterocycles. The largest absolute Gasteiger partial charge is 0.318 e. The van der Waals surface area contributed by atoms with E-state index in [2.05, 4.69) is 10.9 Å². The molecule has 346 valence electrons. The minimum Gasteiger partial charge on any atom is -0.318 e. The molecule has 0 aliphatic rings. The monoisotopic (exact) mass is 977 g/mol. The predicted molar refractivity (Wildman–Crippen MR) is 309 cm³/mol.